The van der Waals surface area contributed by atoms with Crippen LogP contribution in [0, 0.1) is 6.92 Å². The number of aryl methyl sites for hydroxylation is 2. The molecule has 0 unspecified atom stereocenters. The normalized spacial score (nSPS) is 17.1. The summed E-state index contributed by atoms with van der Waals surface area (Å²) in [7, 11) is 0. The lowest BCUT2D eigenvalue weighted by Gasteiger charge is -2.27. The fourth-order valence-corrected chi connectivity index (χ4v) is 4.46. The van der Waals surface area contributed by atoms with Crippen LogP contribution in [-0.4, -0.2) is 15.0 Å². The Hall–Kier alpha value is -1.62. The Balaban J connectivity index is 1.58. The van der Waals surface area contributed by atoms with E-state index >= 15 is 0 Å². The van der Waals surface area contributed by atoms with Crippen molar-refractivity contribution in [1.82, 2.24) is 15.0 Å². The maximum atomic E-state index is 12.1. The molecule has 2 aromatic heterocycles. The molecule has 2 aliphatic carbocycles. The molecule has 1 N–H and O–H groups in total. The van der Waals surface area contributed by atoms with Crippen molar-refractivity contribution in [2.45, 2.75) is 62.3 Å². The largest absolute Gasteiger partial charge is 0.301 e. The molecule has 4 nitrogen and oxygen atoms in total. The number of H-pyrrole nitrogens is 1. The summed E-state index contributed by atoms with van der Waals surface area (Å²) in [6.07, 6.45) is 8.60. The average Bonchev–Trinajstić information content (AvgIpc) is 2.94. The molecule has 1 saturated carbocycles. The predicted octanol–water partition coefficient (Wildman–Crippen LogP) is 3.52. The van der Waals surface area contributed by atoms with Gasteiger partial charge in [-0.3, -0.25) is 9.78 Å². The molecule has 2 aromatic rings. The number of aromatic amines is 1. The third kappa shape index (κ3) is 2.82. The van der Waals surface area contributed by atoms with Crippen LogP contribution in [0.4, 0.5) is 0 Å². The minimum atomic E-state index is 0.0529. The zero-order valence-corrected chi connectivity index (χ0v) is 14.2. The van der Waals surface area contributed by atoms with Crippen molar-refractivity contribution in [2.75, 3.05) is 0 Å². The number of pyridine rings is 1. The Bertz CT molecular complexity index is 795. The number of aromatic nitrogens is 3. The van der Waals surface area contributed by atoms with Gasteiger partial charge in [-0.15, -0.1) is 0 Å². The maximum Gasteiger partial charge on any atom is 0.254 e. The van der Waals surface area contributed by atoms with Crippen molar-refractivity contribution < 1.29 is 0 Å². The molecule has 2 aliphatic rings. The van der Waals surface area contributed by atoms with E-state index in [0.29, 0.717) is 5.92 Å². The Morgan fingerprint density at radius 3 is 2.96 bits per heavy atom. The maximum absolute atomic E-state index is 12.1. The lowest BCUT2D eigenvalue weighted by atomic mass is 9.80. The van der Waals surface area contributed by atoms with Gasteiger partial charge in [-0.1, -0.05) is 18.2 Å². The first kappa shape index (κ1) is 14.9. The highest BCUT2D eigenvalue weighted by molar-refractivity contribution is 7.98. The quantitative estimate of drug-likeness (QED) is 0.689. The van der Waals surface area contributed by atoms with Crippen molar-refractivity contribution in [3.8, 4) is 0 Å². The van der Waals surface area contributed by atoms with Gasteiger partial charge in [0.05, 0.1) is 5.69 Å². The minimum Gasteiger partial charge on any atom is -0.301 e. The zero-order valence-electron chi connectivity index (χ0n) is 13.4. The number of fused-ring (bicyclic) bond motifs is 1. The predicted molar refractivity (Wildman–Crippen MR) is 92.0 cm³/mol. The van der Waals surface area contributed by atoms with Gasteiger partial charge in [0.2, 0.25) is 0 Å². The highest BCUT2D eigenvalue weighted by atomic mass is 32.2. The van der Waals surface area contributed by atoms with Gasteiger partial charge in [-0.05, 0) is 56.2 Å². The highest BCUT2D eigenvalue weighted by Gasteiger charge is 2.24. The van der Waals surface area contributed by atoms with Gasteiger partial charge in [-0.2, -0.15) is 0 Å². The second-order valence-electron chi connectivity index (χ2n) is 6.56. The molecule has 5 heteroatoms. The first-order valence-electron chi connectivity index (χ1n) is 8.41. The molecule has 0 saturated heterocycles. The van der Waals surface area contributed by atoms with Crippen molar-refractivity contribution in [3.05, 3.63) is 50.7 Å². The fraction of sp³-hybridized carbons (Fsp3) is 0.500. The van der Waals surface area contributed by atoms with E-state index in [-0.39, 0.29) is 5.56 Å². The summed E-state index contributed by atoms with van der Waals surface area (Å²) in [6, 6.07) is 2.08. The number of nitrogens with one attached hydrogen (secondary N) is 1. The van der Waals surface area contributed by atoms with Gasteiger partial charge < -0.3 is 4.98 Å². The molecular weight excluding hydrogens is 306 g/mol. The van der Waals surface area contributed by atoms with Gasteiger partial charge in [-0.25, -0.2) is 4.98 Å². The van der Waals surface area contributed by atoms with Crippen LogP contribution in [0.15, 0.2) is 22.2 Å². The van der Waals surface area contributed by atoms with Gasteiger partial charge >= 0.3 is 0 Å². The second kappa shape index (κ2) is 6.11. The Kier molecular flexibility index (Phi) is 3.97. The summed E-state index contributed by atoms with van der Waals surface area (Å²) in [5.41, 5.74) is 5.81. The van der Waals surface area contributed by atoms with E-state index in [1.165, 1.54) is 36.1 Å². The van der Waals surface area contributed by atoms with Crippen LogP contribution in [0.1, 0.15) is 59.7 Å². The van der Waals surface area contributed by atoms with E-state index in [4.69, 9.17) is 0 Å². The van der Waals surface area contributed by atoms with Crippen LogP contribution < -0.4 is 5.56 Å². The first-order chi connectivity index (χ1) is 11.2. The molecule has 0 amide bonds. The molecule has 120 valence electrons. The number of rotatable bonds is 4. The number of hydrogen-bond acceptors (Lipinski definition) is 4. The van der Waals surface area contributed by atoms with Gasteiger partial charge in [0, 0.05) is 29.1 Å². The monoisotopic (exact) mass is 327 g/mol. The number of thioether (sulfide) groups is 1. The van der Waals surface area contributed by atoms with Crippen LogP contribution in [-0.2, 0) is 18.6 Å². The molecule has 0 radical (unpaired) electrons. The Labute approximate surface area is 140 Å². The smallest absolute Gasteiger partial charge is 0.254 e. The zero-order chi connectivity index (χ0) is 15.8. The van der Waals surface area contributed by atoms with E-state index in [1.807, 2.05) is 6.20 Å². The van der Waals surface area contributed by atoms with E-state index in [9.17, 15) is 4.79 Å². The molecule has 4 rings (SSSR count). The van der Waals surface area contributed by atoms with Gasteiger partial charge in [0.25, 0.3) is 5.56 Å². The van der Waals surface area contributed by atoms with E-state index in [0.717, 1.165) is 41.4 Å². The molecule has 0 atom stereocenters. The van der Waals surface area contributed by atoms with Crippen LogP contribution in [0.2, 0.25) is 0 Å². The van der Waals surface area contributed by atoms with Crippen LogP contribution in [0.25, 0.3) is 0 Å². The van der Waals surface area contributed by atoms with Crippen molar-refractivity contribution >= 4 is 11.8 Å². The SMILES string of the molecule is Cc1ccnc(C2CCC2)c1CSc1nc2c(c(=O)[nH]1)CCC2. The minimum absolute atomic E-state index is 0.0529. The summed E-state index contributed by atoms with van der Waals surface area (Å²) >= 11 is 1.63. The topological polar surface area (TPSA) is 58.6 Å². The summed E-state index contributed by atoms with van der Waals surface area (Å²) in [5.74, 6) is 1.45. The number of hydrogen-bond donors (Lipinski definition) is 1. The second-order valence-corrected chi connectivity index (χ2v) is 7.52. The van der Waals surface area contributed by atoms with Crippen LogP contribution in [0.3, 0.4) is 0 Å². The molecule has 0 aliphatic heterocycles. The average molecular weight is 327 g/mol. The lowest BCUT2D eigenvalue weighted by Crippen LogP contribution is -2.15. The Morgan fingerprint density at radius 1 is 1.30 bits per heavy atom. The van der Waals surface area contributed by atoms with Crippen LogP contribution >= 0.6 is 11.8 Å². The van der Waals surface area contributed by atoms with Crippen molar-refractivity contribution in [1.29, 1.82) is 0 Å². The lowest BCUT2D eigenvalue weighted by molar-refractivity contribution is 0.409. The molecular formula is C18H21N3OS. The Morgan fingerprint density at radius 2 is 2.17 bits per heavy atom. The standard InChI is InChI=1S/C18H21N3OS/c1-11-8-9-19-16(12-4-2-5-12)14(11)10-23-18-20-15-7-3-6-13(15)17(22)21-18/h8-9,12H,2-7,10H2,1H3,(H,20,21,22). The summed E-state index contributed by atoms with van der Waals surface area (Å²) in [6.45, 7) is 2.15. The van der Waals surface area contributed by atoms with Crippen LogP contribution in [0.5, 0.6) is 0 Å². The van der Waals surface area contributed by atoms with E-state index in [1.54, 1.807) is 11.8 Å². The molecule has 2 heterocycles. The van der Waals surface area contributed by atoms with Gasteiger partial charge in [0.15, 0.2) is 5.16 Å². The third-order valence-corrected chi connectivity index (χ3v) is 5.99. The molecule has 0 aromatic carbocycles. The number of nitrogens with zero attached hydrogens (tertiary/aromatic N) is 2. The summed E-state index contributed by atoms with van der Waals surface area (Å²) in [4.78, 5) is 24.4. The fourth-order valence-electron chi connectivity index (χ4n) is 3.46. The van der Waals surface area contributed by atoms with E-state index in [2.05, 4.69) is 27.9 Å². The van der Waals surface area contributed by atoms with Crippen molar-refractivity contribution in [3.63, 3.8) is 0 Å². The molecule has 23 heavy (non-hydrogen) atoms. The van der Waals surface area contributed by atoms with Gasteiger partial charge in [0.1, 0.15) is 0 Å². The first-order valence-corrected chi connectivity index (χ1v) is 9.40. The third-order valence-electron chi connectivity index (χ3n) is 5.09. The van der Waals surface area contributed by atoms with E-state index < -0.39 is 0 Å². The molecule has 1 fully saturated rings. The summed E-state index contributed by atoms with van der Waals surface area (Å²) < 4.78 is 0. The summed E-state index contributed by atoms with van der Waals surface area (Å²) in [5, 5.41) is 0.749. The highest BCUT2D eigenvalue weighted by Crippen LogP contribution is 2.38. The van der Waals surface area contributed by atoms with Crippen molar-refractivity contribution in [2.24, 2.45) is 0 Å². The molecule has 0 bridgehead atoms. The molecule has 0 spiro atoms.